The van der Waals surface area contributed by atoms with Gasteiger partial charge in [0.2, 0.25) is 0 Å². The van der Waals surface area contributed by atoms with Gasteiger partial charge in [-0.1, -0.05) is 32.1 Å². The average molecular weight is 344 g/mol. The lowest BCUT2D eigenvalue weighted by molar-refractivity contribution is -0.167. The second-order valence-corrected chi connectivity index (χ2v) is 6.43. The molecule has 2 aliphatic carbocycles. The Morgan fingerprint density at radius 3 is 1.25 bits per heavy atom. The summed E-state index contributed by atoms with van der Waals surface area (Å²) in [5.41, 5.74) is -1.49. The first-order chi connectivity index (χ1) is 11.2. The van der Waals surface area contributed by atoms with Crippen molar-refractivity contribution in [2.45, 2.75) is 57.8 Å². The van der Waals surface area contributed by atoms with Crippen molar-refractivity contribution >= 4 is 23.9 Å². The van der Waals surface area contributed by atoms with Crippen LogP contribution in [0.2, 0.25) is 0 Å². The van der Waals surface area contributed by atoms with Gasteiger partial charge in [0.1, 0.15) is 0 Å². The fourth-order valence-electron chi connectivity index (χ4n) is 3.40. The zero-order valence-electron chi connectivity index (χ0n) is 13.4. The van der Waals surface area contributed by atoms with Gasteiger partial charge in [0, 0.05) is 0 Å². The molecule has 0 aromatic carbocycles. The number of hydrogen-bond donors (Lipinski definition) is 4. The lowest BCUT2D eigenvalue weighted by Gasteiger charge is -2.28. The van der Waals surface area contributed by atoms with Gasteiger partial charge in [-0.05, 0) is 25.7 Å². The molecule has 0 radical (unpaired) electrons. The van der Waals surface area contributed by atoms with Gasteiger partial charge in [-0.2, -0.15) is 0 Å². The van der Waals surface area contributed by atoms with E-state index in [1.807, 2.05) is 0 Å². The van der Waals surface area contributed by atoms with E-state index in [1.165, 1.54) is 0 Å². The third-order valence-corrected chi connectivity index (χ3v) is 4.93. The Morgan fingerprint density at radius 1 is 0.625 bits per heavy atom. The van der Waals surface area contributed by atoms with Crippen LogP contribution >= 0.6 is 0 Å². The fraction of sp³-hybridized carbons (Fsp3) is 0.750. The van der Waals surface area contributed by atoms with Crippen LogP contribution in [0.4, 0.5) is 0 Å². The van der Waals surface area contributed by atoms with Gasteiger partial charge in [0.15, 0.2) is 5.41 Å². The summed E-state index contributed by atoms with van der Waals surface area (Å²) in [5.74, 6) is -5.65. The van der Waals surface area contributed by atoms with Crippen molar-refractivity contribution in [3.05, 3.63) is 0 Å². The Morgan fingerprint density at radius 2 is 1.00 bits per heavy atom. The molecule has 136 valence electrons. The van der Waals surface area contributed by atoms with Gasteiger partial charge in [-0.15, -0.1) is 0 Å². The largest absolute Gasteiger partial charge is 0.481 e. The van der Waals surface area contributed by atoms with Crippen molar-refractivity contribution in [3.63, 3.8) is 0 Å². The standard InChI is InChI=1S/2C8H12O4/c9-6(10)8(7(11)12)4-2-1-3-5-8;9-7(10)5-3-1-2-4-6(5)8(11)12/h1-5H2,(H,9,10)(H,11,12);5-6H,1-4H2,(H,9,10)(H,11,12). The van der Waals surface area contributed by atoms with Crippen molar-refractivity contribution in [3.8, 4) is 0 Å². The van der Waals surface area contributed by atoms with Crippen molar-refractivity contribution in [1.82, 2.24) is 0 Å². The molecule has 0 amide bonds. The number of carboxylic acid groups (broad SMARTS) is 4. The third-order valence-electron chi connectivity index (χ3n) is 4.93. The second kappa shape index (κ2) is 8.65. The first kappa shape index (κ1) is 19.9. The molecule has 2 aliphatic rings. The normalized spacial score (nSPS) is 25.7. The Kier molecular flexibility index (Phi) is 7.18. The summed E-state index contributed by atoms with van der Waals surface area (Å²) >= 11 is 0. The van der Waals surface area contributed by atoms with Crippen LogP contribution in [0.5, 0.6) is 0 Å². The van der Waals surface area contributed by atoms with E-state index in [9.17, 15) is 19.2 Å². The number of hydrogen-bond acceptors (Lipinski definition) is 4. The molecule has 0 aromatic rings. The van der Waals surface area contributed by atoms with Crippen molar-refractivity contribution in [1.29, 1.82) is 0 Å². The Bertz CT molecular complexity index is 454. The molecule has 0 aromatic heterocycles. The summed E-state index contributed by atoms with van der Waals surface area (Å²) in [5, 5.41) is 34.9. The molecule has 0 bridgehead atoms. The lowest BCUT2D eigenvalue weighted by atomic mass is 9.74. The molecule has 0 heterocycles. The van der Waals surface area contributed by atoms with Crippen molar-refractivity contribution in [2.24, 2.45) is 17.3 Å². The molecule has 2 saturated carbocycles. The summed E-state index contributed by atoms with van der Waals surface area (Å²) in [6, 6.07) is 0. The minimum absolute atomic E-state index is 0.275. The van der Waals surface area contributed by atoms with Gasteiger partial charge in [0.05, 0.1) is 11.8 Å². The average Bonchev–Trinajstić information content (AvgIpc) is 2.55. The van der Waals surface area contributed by atoms with Crippen LogP contribution < -0.4 is 0 Å². The molecule has 2 unspecified atom stereocenters. The highest BCUT2D eigenvalue weighted by Gasteiger charge is 2.46. The summed E-state index contributed by atoms with van der Waals surface area (Å²) < 4.78 is 0. The van der Waals surface area contributed by atoms with Crippen LogP contribution in [0.25, 0.3) is 0 Å². The Balaban J connectivity index is 0.000000240. The number of carbonyl (C=O) groups is 4. The third kappa shape index (κ3) is 4.69. The Labute approximate surface area is 139 Å². The predicted octanol–water partition coefficient (Wildman–Crippen LogP) is 2.07. The number of carboxylic acids is 4. The maximum absolute atomic E-state index is 10.7. The predicted molar refractivity (Wildman–Crippen MR) is 81.5 cm³/mol. The fourth-order valence-corrected chi connectivity index (χ4v) is 3.40. The zero-order chi connectivity index (χ0) is 18.3. The van der Waals surface area contributed by atoms with Gasteiger partial charge >= 0.3 is 23.9 Å². The van der Waals surface area contributed by atoms with Crippen LogP contribution in [0.3, 0.4) is 0 Å². The number of aliphatic carboxylic acids is 4. The summed E-state index contributed by atoms with van der Waals surface area (Å²) in [4.78, 5) is 42.7. The van der Waals surface area contributed by atoms with Crippen molar-refractivity contribution < 1.29 is 39.6 Å². The lowest BCUT2D eigenvalue weighted by Crippen LogP contribution is -2.40. The van der Waals surface area contributed by atoms with E-state index >= 15 is 0 Å². The van der Waals surface area contributed by atoms with Crippen LogP contribution in [0, 0.1) is 17.3 Å². The highest BCUT2D eigenvalue weighted by Crippen LogP contribution is 2.36. The minimum atomic E-state index is -1.49. The van der Waals surface area contributed by atoms with Gasteiger partial charge in [-0.3, -0.25) is 19.2 Å². The maximum Gasteiger partial charge on any atom is 0.321 e. The first-order valence-corrected chi connectivity index (χ1v) is 8.15. The SMILES string of the molecule is O=C(O)C1(C(=O)O)CCCCC1.O=C(O)C1CCCCC1C(=O)O. The van der Waals surface area contributed by atoms with Gasteiger partial charge < -0.3 is 20.4 Å². The summed E-state index contributed by atoms with van der Waals surface area (Å²) in [6.07, 6.45) is 5.59. The zero-order valence-corrected chi connectivity index (χ0v) is 13.4. The molecule has 0 saturated heterocycles. The molecule has 4 N–H and O–H groups in total. The molecule has 0 aliphatic heterocycles. The smallest absolute Gasteiger partial charge is 0.321 e. The topological polar surface area (TPSA) is 149 Å². The van der Waals surface area contributed by atoms with Gasteiger partial charge in [0.25, 0.3) is 0 Å². The molecule has 2 rings (SSSR count). The summed E-state index contributed by atoms with van der Waals surface area (Å²) in [7, 11) is 0. The van der Waals surface area contributed by atoms with E-state index in [0.29, 0.717) is 25.7 Å². The minimum Gasteiger partial charge on any atom is -0.481 e. The van der Waals surface area contributed by atoms with E-state index in [1.54, 1.807) is 0 Å². The van der Waals surface area contributed by atoms with E-state index in [0.717, 1.165) is 19.3 Å². The summed E-state index contributed by atoms with van der Waals surface area (Å²) in [6.45, 7) is 0. The molecule has 2 atom stereocenters. The Hall–Kier alpha value is -2.12. The quantitative estimate of drug-likeness (QED) is 0.566. The molecule has 8 heteroatoms. The van der Waals surface area contributed by atoms with E-state index in [2.05, 4.69) is 0 Å². The van der Waals surface area contributed by atoms with Crippen LogP contribution in [0.1, 0.15) is 57.8 Å². The van der Waals surface area contributed by atoms with E-state index in [4.69, 9.17) is 20.4 Å². The van der Waals surface area contributed by atoms with Crippen LogP contribution in [0.15, 0.2) is 0 Å². The molecular formula is C16H24O8. The molecule has 8 nitrogen and oxygen atoms in total. The second-order valence-electron chi connectivity index (χ2n) is 6.43. The van der Waals surface area contributed by atoms with Crippen LogP contribution in [-0.4, -0.2) is 44.3 Å². The highest BCUT2D eigenvalue weighted by atomic mass is 16.4. The van der Waals surface area contributed by atoms with Crippen LogP contribution in [-0.2, 0) is 19.2 Å². The first-order valence-electron chi connectivity index (χ1n) is 8.15. The van der Waals surface area contributed by atoms with E-state index < -0.39 is 41.1 Å². The highest BCUT2D eigenvalue weighted by molar-refractivity contribution is 5.98. The molecular weight excluding hydrogens is 320 g/mol. The maximum atomic E-state index is 10.7. The van der Waals surface area contributed by atoms with Crippen molar-refractivity contribution in [2.75, 3.05) is 0 Å². The van der Waals surface area contributed by atoms with Gasteiger partial charge in [-0.25, -0.2) is 0 Å². The number of rotatable bonds is 4. The van der Waals surface area contributed by atoms with E-state index in [-0.39, 0.29) is 12.8 Å². The molecule has 0 spiro atoms. The monoisotopic (exact) mass is 344 g/mol. The molecule has 2 fully saturated rings. The molecule has 24 heavy (non-hydrogen) atoms.